The lowest BCUT2D eigenvalue weighted by Crippen LogP contribution is -2.42. The van der Waals surface area contributed by atoms with Crippen molar-refractivity contribution in [3.8, 4) is 5.88 Å². The summed E-state index contributed by atoms with van der Waals surface area (Å²) in [6.45, 7) is 2.63. The number of carbonyl (C=O) groups excluding carboxylic acids is 1. The third-order valence-electron chi connectivity index (χ3n) is 3.14. The second kappa shape index (κ2) is 6.75. The summed E-state index contributed by atoms with van der Waals surface area (Å²) in [5.74, 6) is 0.635. The molecule has 1 saturated heterocycles. The summed E-state index contributed by atoms with van der Waals surface area (Å²) >= 11 is 0. The normalized spacial score (nSPS) is 20.0. The third kappa shape index (κ3) is 4.59. The Labute approximate surface area is 124 Å². The Hall–Kier alpha value is -1.83. The lowest BCUT2D eigenvalue weighted by Gasteiger charge is -2.13. The molecule has 8 heteroatoms. The molecule has 2 heterocycles. The number of ether oxygens (including phenoxy) is 1. The predicted octanol–water partition coefficient (Wildman–Crippen LogP) is 0.467. The predicted molar refractivity (Wildman–Crippen MR) is 77.8 cm³/mol. The SMILES string of the molecule is CCOc1ncccc1CNC(=O)NC1CCS(=O)(=O)C1. The Morgan fingerprint density at radius 3 is 3.00 bits per heavy atom. The Morgan fingerprint density at radius 2 is 2.33 bits per heavy atom. The molecule has 0 spiro atoms. The monoisotopic (exact) mass is 313 g/mol. The van der Waals surface area contributed by atoms with Gasteiger partial charge < -0.3 is 15.4 Å². The Kier molecular flexibility index (Phi) is 5.00. The molecule has 1 fully saturated rings. The molecular weight excluding hydrogens is 294 g/mol. The van der Waals surface area contributed by atoms with Crippen LogP contribution in [-0.2, 0) is 16.4 Å². The molecular formula is C13H19N3O4S. The van der Waals surface area contributed by atoms with Crippen molar-refractivity contribution in [2.24, 2.45) is 0 Å². The maximum atomic E-state index is 11.8. The molecule has 2 N–H and O–H groups in total. The quantitative estimate of drug-likeness (QED) is 0.823. The van der Waals surface area contributed by atoms with Crippen LogP contribution in [0.5, 0.6) is 5.88 Å². The van der Waals surface area contributed by atoms with Gasteiger partial charge >= 0.3 is 6.03 Å². The lowest BCUT2D eigenvalue weighted by molar-refractivity contribution is 0.237. The third-order valence-corrected chi connectivity index (χ3v) is 4.91. The molecule has 1 aliphatic rings. The van der Waals surface area contributed by atoms with Gasteiger partial charge in [-0.25, -0.2) is 18.2 Å². The van der Waals surface area contributed by atoms with Gasteiger partial charge in [-0.2, -0.15) is 0 Å². The van der Waals surface area contributed by atoms with Crippen LogP contribution in [0.3, 0.4) is 0 Å². The first-order chi connectivity index (χ1) is 10.00. The fourth-order valence-electron chi connectivity index (χ4n) is 2.15. The molecule has 2 amide bonds. The number of hydrogen-bond donors (Lipinski definition) is 2. The van der Waals surface area contributed by atoms with Gasteiger partial charge in [0.15, 0.2) is 9.84 Å². The highest BCUT2D eigenvalue weighted by molar-refractivity contribution is 7.91. The average Bonchev–Trinajstić information content (AvgIpc) is 2.77. The van der Waals surface area contributed by atoms with E-state index in [2.05, 4.69) is 15.6 Å². The van der Waals surface area contributed by atoms with Gasteiger partial charge in [-0.15, -0.1) is 0 Å². The van der Waals surface area contributed by atoms with Crippen molar-refractivity contribution in [3.63, 3.8) is 0 Å². The van der Waals surface area contributed by atoms with Gasteiger partial charge in [-0.05, 0) is 19.4 Å². The smallest absolute Gasteiger partial charge is 0.315 e. The maximum Gasteiger partial charge on any atom is 0.315 e. The van der Waals surface area contributed by atoms with E-state index in [0.29, 0.717) is 18.9 Å². The zero-order valence-electron chi connectivity index (χ0n) is 11.8. The molecule has 0 aliphatic carbocycles. The minimum atomic E-state index is -2.99. The minimum Gasteiger partial charge on any atom is -0.478 e. The summed E-state index contributed by atoms with van der Waals surface area (Å²) in [5, 5.41) is 5.35. The molecule has 1 unspecified atom stereocenters. The van der Waals surface area contributed by atoms with E-state index in [0.717, 1.165) is 5.56 Å². The van der Waals surface area contributed by atoms with E-state index in [1.807, 2.05) is 13.0 Å². The van der Waals surface area contributed by atoms with Crippen molar-refractivity contribution < 1.29 is 17.9 Å². The van der Waals surface area contributed by atoms with Crippen LogP contribution < -0.4 is 15.4 Å². The molecule has 1 atom stereocenters. The van der Waals surface area contributed by atoms with Crippen LogP contribution in [-0.4, -0.2) is 43.6 Å². The van der Waals surface area contributed by atoms with Gasteiger partial charge in [-0.3, -0.25) is 0 Å². The highest BCUT2D eigenvalue weighted by Gasteiger charge is 2.28. The van der Waals surface area contributed by atoms with Crippen molar-refractivity contribution in [2.45, 2.75) is 25.9 Å². The van der Waals surface area contributed by atoms with Crippen LogP contribution in [0.15, 0.2) is 18.3 Å². The number of amides is 2. The molecule has 0 bridgehead atoms. The fourth-order valence-corrected chi connectivity index (χ4v) is 3.82. The van der Waals surface area contributed by atoms with Crippen molar-refractivity contribution in [1.82, 2.24) is 15.6 Å². The van der Waals surface area contributed by atoms with Crippen molar-refractivity contribution in [2.75, 3.05) is 18.1 Å². The van der Waals surface area contributed by atoms with Gasteiger partial charge in [0, 0.05) is 24.3 Å². The summed E-state index contributed by atoms with van der Waals surface area (Å²) in [4.78, 5) is 15.9. The van der Waals surface area contributed by atoms with Crippen LogP contribution in [0.25, 0.3) is 0 Å². The van der Waals surface area contributed by atoms with Crippen LogP contribution in [0.4, 0.5) is 4.79 Å². The highest BCUT2D eigenvalue weighted by atomic mass is 32.2. The van der Waals surface area contributed by atoms with Gasteiger partial charge in [0.25, 0.3) is 0 Å². The number of rotatable bonds is 5. The van der Waals surface area contributed by atoms with Gasteiger partial charge in [0.05, 0.1) is 18.1 Å². The summed E-state index contributed by atoms with van der Waals surface area (Å²) < 4.78 is 28.0. The molecule has 0 saturated carbocycles. The fraction of sp³-hybridized carbons (Fsp3) is 0.538. The highest BCUT2D eigenvalue weighted by Crippen LogP contribution is 2.14. The largest absolute Gasteiger partial charge is 0.478 e. The number of hydrogen-bond acceptors (Lipinski definition) is 5. The topological polar surface area (TPSA) is 97.4 Å². The maximum absolute atomic E-state index is 11.8. The van der Waals surface area contributed by atoms with Crippen LogP contribution in [0, 0.1) is 0 Å². The first-order valence-electron chi connectivity index (χ1n) is 6.81. The second-order valence-corrected chi connectivity index (χ2v) is 7.06. The first-order valence-corrected chi connectivity index (χ1v) is 8.64. The van der Waals surface area contributed by atoms with Crippen LogP contribution >= 0.6 is 0 Å². The number of pyridine rings is 1. The summed E-state index contributed by atoms with van der Waals surface area (Å²) in [6, 6.07) is 2.89. The van der Waals surface area contributed by atoms with E-state index in [1.165, 1.54) is 0 Å². The Balaban J connectivity index is 1.84. The molecule has 7 nitrogen and oxygen atoms in total. The van der Waals surface area contributed by atoms with E-state index in [1.54, 1.807) is 12.3 Å². The number of aromatic nitrogens is 1. The van der Waals surface area contributed by atoms with E-state index < -0.39 is 9.84 Å². The molecule has 0 aromatic carbocycles. The minimum absolute atomic E-state index is 0.0114. The van der Waals surface area contributed by atoms with Crippen LogP contribution in [0.2, 0.25) is 0 Å². The molecule has 1 aromatic rings. The molecule has 0 radical (unpaired) electrons. The van der Waals surface area contributed by atoms with E-state index in [-0.39, 0.29) is 30.1 Å². The van der Waals surface area contributed by atoms with Crippen LogP contribution in [0.1, 0.15) is 18.9 Å². The Morgan fingerprint density at radius 1 is 1.52 bits per heavy atom. The number of urea groups is 1. The van der Waals surface area contributed by atoms with Crippen molar-refractivity contribution >= 4 is 15.9 Å². The summed E-state index contributed by atoms with van der Waals surface area (Å²) in [7, 11) is -2.99. The summed E-state index contributed by atoms with van der Waals surface area (Å²) in [5.41, 5.74) is 0.772. The van der Waals surface area contributed by atoms with E-state index in [9.17, 15) is 13.2 Å². The molecule has 1 aliphatic heterocycles. The summed E-state index contributed by atoms with van der Waals surface area (Å²) in [6.07, 6.45) is 2.09. The standard InChI is InChI=1S/C13H19N3O4S/c1-2-20-12-10(4-3-6-14-12)8-15-13(17)16-11-5-7-21(18,19)9-11/h3-4,6,11H,2,5,7-9H2,1H3,(H2,15,16,17). The van der Waals surface area contributed by atoms with Crippen molar-refractivity contribution in [3.05, 3.63) is 23.9 Å². The number of nitrogens with zero attached hydrogens (tertiary/aromatic N) is 1. The van der Waals surface area contributed by atoms with Gasteiger partial charge in [-0.1, -0.05) is 6.07 Å². The average molecular weight is 313 g/mol. The lowest BCUT2D eigenvalue weighted by atomic mass is 10.2. The molecule has 21 heavy (non-hydrogen) atoms. The molecule has 116 valence electrons. The zero-order chi connectivity index (χ0) is 15.3. The van der Waals surface area contributed by atoms with E-state index >= 15 is 0 Å². The zero-order valence-corrected chi connectivity index (χ0v) is 12.6. The number of sulfone groups is 1. The Bertz CT molecular complexity index is 603. The van der Waals surface area contributed by atoms with Gasteiger partial charge in [0.1, 0.15) is 0 Å². The second-order valence-electron chi connectivity index (χ2n) is 4.83. The van der Waals surface area contributed by atoms with Crippen molar-refractivity contribution in [1.29, 1.82) is 0 Å². The number of nitrogens with one attached hydrogen (secondary N) is 2. The first kappa shape index (κ1) is 15.6. The molecule has 2 rings (SSSR count). The molecule has 1 aromatic heterocycles. The van der Waals surface area contributed by atoms with E-state index in [4.69, 9.17) is 4.74 Å². The number of carbonyl (C=O) groups is 1. The van der Waals surface area contributed by atoms with Gasteiger partial charge in [0.2, 0.25) is 5.88 Å².